The summed E-state index contributed by atoms with van der Waals surface area (Å²) in [6, 6.07) is 0.980. The lowest BCUT2D eigenvalue weighted by molar-refractivity contribution is -0.131. The zero-order valence-corrected chi connectivity index (χ0v) is 20.5. The molecule has 1 aromatic rings. The van der Waals surface area contributed by atoms with Gasteiger partial charge in [0.05, 0.1) is 10.6 Å². The van der Waals surface area contributed by atoms with Crippen LogP contribution in [0, 0.1) is 29.1 Å². The van der Waals surface area contributed by atoms with Crippen LogP contribution in [0.1, 0.15) is 68.4 Å². The van der Waals surface area contributed by atoms with Crippen LogP contribution in [0.3, 0.4) is 0 Å². The summed E-state index contributed by atoms with van der Waals surface area (Å²) in [5.74, 6) is 4.58. The smallest absolute Gasteiger partial charge is 0.348 e. The van der Waals surface area contributed by atoms with Crippen molar-refractivity contribution in [1.29, 1.82) is 0 Å². The largest absolute Gasteiger partial charge is 0.477 e. The summed E-state index contributed by atoms with van der Waals surface area (Å²) in [7, 11) is 1.71. The number of carboxylic acids is 1. The van der Waals surface area contributed by atoms with Gasteiger partial charge >= 0.3 is 5.97 Å². The fourth-order valence-corrected chi connectivity index (χ4v) is 5.17. The molecule has 32 heavy (non-hydrogen) atoms. The third-order valence-electron chi connectivity index (χ3n) is 6.04. The number of hydrogen-bond acceptors (Lipinski definition) is 4. The maximum absolute atomic E-state index is 13.9. The van der Waals surface area contributed by atoms with Crippen LogP contribution in [0.25, 0.3) is 0 Å². The molecule has 3 rings (SSSR count). The Morgan fingerprint density at radius 2 is 2.00 bits per heavy atom. The van der Waals surface area contributed by atoms with Crippen LogP contribution in [0.5, 0.6) is 0 Å². The summed E-state index contributed by atoms with van der Waals surface area (Å²) < 4.78 is 0. The van der Waals surface area contributed by atoms with Gasteiger partial charge in [0.25, 0.3) is 0 Å². The predicted molar refractivity (Wildman–Crippen MR) is 127 cm³/mol. The Hall–Kier alpha value is -2.59. The van der Waals surface area contributed by atoms with Gasteiger partial charge in [-0.25, -0.2) is 4.79 Å². The summed E-state index contributed by atoms with van der Waals surface area (Å²) in [5.41, 5.74) is 1.30. The van der Waals surface area contributed by atoms with Crippen LogP contribution in [0.4, 0.5) is 5.69 Å². The number of carbonyl (C=O) groups is 3. The maximum Gasteiger partial charge on any atom is 0.348 e. The Morgan fingerprint density at radius 1 is 1.31 bits per heavy atom. The highest BCUT2D eigenvalue weighted by atomic mass is 32.1. The van der Waals surface area contributed by atoms with Crippen LogP contribution in [-0.2, 0) is 9.59 Å². The van der Waals surface area contributed by atoms with Gasteiger partial charge in [0, 0.05) is 24.9 Å². The van der Waals surface area contributed by atoms with Crippen LogP contribution in [-0.4, -0.2) is 47.4 Å². The molecule has 2 aliphatic rings. The van der Waals surface area contributed by atoms with Crippen molar-refractivity contribution in [2.24, 2.45) is 17.3 Å². The van der Waals surface area contributed by atoms with Crippen molar-refractivity contribution in [3.05, 3.63) is 27.5 Å². The minimum Gasteiger partial charge on any atom is -0.477 e. The normalized spacial score (nSPS) is 23.4. The first-order valence-corrected chi connectivity index (χ1v) is 11.8. The molecule has 7 heteroatoms. The van der Waals surface area contributed by atoms with Crippen LogP contribution in [0.15, 0.2) is 17.7 Å². The Balaban J connectivity index is 2.10. The third kappa shape index (κ3) is 5.07. The van der Waals surface area contributed by atoms with Gasteiger partial charge < -0.3 is 10.0 Å². The highest BCUT2D eigenvalue weighted by Gasteiger charge is 2.43. The van der Waals surface area contributed by atoms with Gasteiger partial charge in [0.15, 0.2) is 0 Å². The van der Waals surface area contributed by atoms with E-state index in [1.165, 1.54) is 10.5 Å². The van der Waals surface area contributed by atoms with Crippen molar-refractivity contribution in [2.45, 2.75) is 59.9 Å². The number of hydrogen-bond donors (Lipinski definition) is 1. The monoisotopic (exact) mass is 456 g/mol. The minimum absolute atomic E-state index is 0.0501. The van der Waals surface area contributed by atoms with E-state index in [-0.39, 0.29) is 39.6 Å². The van der Waals surface area contributed by atoms with E-state index >= 15 is 0 Å². The van der Waals surface area contributed by atoms with E-state index in [0.29, 0.717) is 24.3 Å². The van der Waals surface area contributed by atoms with Gasteiger partial charge in [-0.15, -0.1) is 11.3 Å². The average molecular weight is 457 g/mol. The van der Waals surface area contributed by atoms with E-state index in [1.54, 1.807) is 18.0 Å². The van der Waals surface area contributed by atoms with Gasteiger partial charge in [-0.05, 0) is 58.9 Å². The molecule has 172 valence electrons. The third-order valence-corrected chi connectivity index (χ3v) is 7.07. The quantitative estimate of drug-likeness (QED) is 0.538. The second-order valence-corrected chi connectivity index (χ2v) is 11.0. The molecule has 6 nitrogen and oxygen atoms in total. The van der Waals surface area contributed by atoms with E-state index in [2.05, 4.69) is 24.8 Å². The summed E-state index contributed by atoms with van der Waals surface area (Å²) in [4.78, 5) is 42.6. The molecular weight excluding hydrogens is 424 g/mol. The fraction of sp³-hybridized carbons (Fsp3) is 0.560. The van der Waals surface area contributed by atoms with Gasteiger partial charge in [-0.2, -0.15) is 0 Å². The molecule has 0 spiro atoms. The van der Waals surface area contributed by atoms with E-state index in [1.807, 2.05) is 27.7 Å². The number of likely N-dealkylation sites (N-methyl/N-ethyl adjacent to an activating group) is 1. The van der Waals surface area contributed by atoms with Crippen LogP contribution < -0.4 is 4.90 Å². The number of aromatic carboxylic acids is 1. The van der Waals surface area contributed by atoms with Gasteiger partial charge in [-0.3, -0.25) is 14.5 Å². The Morgan fingerprint density at radius 3 is 2.53 bits per heavy atom. The van der Waals surface area contributed by atoms with E-state index in [9.17, 15) is 19.5 Å². The Bertz CT molecular complexity index is 1020. The van der Waals surface area contributed by atoms with Crippen LogP contribution in [0.2, 0.25) is 0 Å². The number of carboxylic acid groups (broad SMARTS) is 1. The van der Waals surface area contributed by atoms with Crippen molar-refractivity contribution in [1.82, 2.24) is 4.90 Å². The Kier molecular flexibility index (Phi) is 6.85. The molecule has 2 heterocycles. The number of carbonyl (C=O) groups excluding carboxylic acids is 2. The van der Waals surface area contributed by atoms with E-state index in [0.717, 1.165) is 17.8 Å². The van der Waals surface area contributed by atoms with Crippen molar-refractivity contribution >= 4 is 34.8 Å². The van der Waals surface area contributed by atoms with E-state index in [4.69, 9.17) is 0 Å². The summed E-state index contributed by atoms with van der Waals surface area (Å²) in [5, 5.41) is 9.91. The topological polar surface area (TPSA) is 77.9 Å². The summed E-state index contributed by atoms with van der Waals surface area (Å²) in [6.45, 7) is 10.6. The predicted octanol–water partition coefficient (Wildman–Crippen LogP) is 4.40. The molecule has 0 bridgehead atoms. The highest BCUT2D eigenvalue weighted by molar-refractivity contribution is 7.15. The molecule has 0 saturated carbocycles. The molecule has 1 unspecified atom stereocenters. The molecule has 0 radical (unpaired) electrons. The van der Waals surface area contributed by atoms with Gasteiger partial charge in [-0.1, -0.05) is 30.4 Å². The maximum atomic E-state index is 13.9. The number of anilines is 1. The molecular formula is C25H32N2O4S. The molecule has 1 aromatic heterocycles. The number of allylic oxidation sites excluding steroid dienone is 2. The summed E-state index contributed by atoms with van der Waals surface area (Å²) >= 11 is 1.06. The number of amides is 2. The standard InChI is InChI=1S/C25H32N2O4S/c1-15-7-8-18(16(2)13-15)22(28)27(19-10-12-26(6)23(19)29)20-14-17(9-11-25(3,4)5)32-21(20)24(30)31/h7,14,16,18-19H,8,10,12-13H2,1-6H3,(H,30,31)/t16-,18?,19-/m0/s1. The molecule has 2 amide bonds. The number of likely N-dealkylation sites (tertiary alicyclic amines) is 1. The zero-order chi connectivity index (χ0) is 23.8. The van der Waals surface area contributed by atoms with Gasteiger partial charge in [0.2, 0.25) is 11.8 Å². The van der Waals surface area contributed by atoms with Crippen LogP contribution >= 0.6 is 11.3 Å². The lowest BCUT2D eigenvalue weighted by Crippen LogP contribution is -2.49. The van der Waals surface area contributed by atoms with Gasteiger partial charge in [0.1, 0.15) is 10.9 Å². The molecule has 1 N–H and O–H groups in total. The minimum atomic E-state index is -1.11. The molecule has 1 saturated heterocycles. The molecule has 3 atom stereocenters. The second kappa shape index (κ2) is 9.11. The molecule has 1 aliphatic carbocycles. The van der Waals surface area contributed by atoms with Crippen molar-refractivity contribution in [3.63, 3.8) is 0 Å². The first kappa shape index (κ1) is 24.1. The fourth-order valence-electron chi connectivity index (χ4n) is 4.32. The zero-order valence-electron chi connectivity index (χ0n) is 19.7. The first-order valence-electron chi connectivity index (χ1n) is 11.0. The van der Waals surface area contributed by atoms with E-state index < -0.39 is 12.0 Å². The molecule has 0 aromatic carbocycles. The second-order valence-electron chi connectivity index (χ2n) is 9.98. The van der Waals surface area contributed by atoms with Crippen molar-refractivity contribution < 1.29 is 19.5 Å². The lowest BCUT2D eigenvalue weighted by atomic mass is 9.80. The van der Waals surface area contributed by atoms with Crippen molar-refractivity contribution in [3.8, 4) is 11.8 Å². The number of nitrogens with zero attached hydrogens (tertiary/aromatic N) is 2. The summed E-state index contributed by atoms with van der Waals surface area (Å²) in [6.07, 6.45) is 3.98. The number of rotatable bonds is 4. The van der Waals surface area contributed by atoms with Crippen molar-refractivity contribution in [2.75, 3.05) is 18.5 Å². The first-order chi connectivity index (χ1) is 14.9. The Labute approximate surface area is 194 Å². The lowest BCUT2D eigenvalue weighted by Gasteiger charge is -2.34. The highest BCUT2D eigenvalue weighted by Crippen LogP contribution is 2.38. The molecule has 1 fully saturated rings. The number of thiophene rings is 1. The average Bonchev–Trinajstić information content (AvgIpc) is 3.25. The SMILES string of the molecule is CC1=CCC(C(=O)N(c2cc(C#CC(C)(C)C)sc2C(=O)O)[C@H]2CCN(C)C2=O)[C@@H](C)C1. The molecule has 1 aliphatic heterocycles.